The largest absolute Gasteiger partial charge is 0.546 e. The highest BCUT2D eigenvalue weighted by molar-refractivity contribution is 6.28. The lowest BCUT2D eigenvalue weighted by molar-refractivity contribution is -0.409. The van der Waals surface area contributed by atoms with Gasteiger partial charge >= 0.3 is 11.5 Å². The van der Waals surface area contributed by atoms with E-state index in [1.807, 2.05) is 0 Å². The lowest BCUT2D eigenvalue weighted by Crippen LogP contribution is -2.45. The maximum atomic E-state index is 10.9. The second-order valence-corrected chi connectivity index (χ2v) is 4.42. The fourth-order valence-corrected chi connectivity index (χ4v) is 1.53. The molecule has 0 aromatic carbocycles. The van der Waals surface area contributed by atoms with Crippen molar-refractivity contribution >= 4 is 29.1 Å². The van der Waals surface area contributed by atoms with E-state index < -0.39 is 16.9 Å². The van der Waals surface area contributed by atoms with Crippen molar-refractivity contribution in [2.75, 3.05) is 5.32 Å². The van der Waals surface area contributed by atoms with Crippen LogP contribution in [-0.4, -0.2) is 16.9 Å². The molecule has 1 aromatic heterocycles. The number of carboxylic acids is 1. The van der Waals surface area contributed by atoms with Crippen molar-refractivity contribution < 1.29 is 19.8 Å². The van der Waals surface area contributed by atoms with Crippen LogP contribution in [-0.2, 0) is 4.79 Å². The normalized spacial score (nSPS) is 12.2. The van der Waals surface area contributed by atoms with Gasteiger partial charge in [0, 0.05) is 12.1 Å². The Hall–Kier alpha value is -1.89. The van der Waals surface area contributed by atoms with Crippen LogP contribution in [0.25, 0.3) is 0 Å². The summed E-state index contributed by atoms with van der Waals surface area (Å²) in [6.07, 6.45) is 0. The molecule has 7 nitrogen and oxygen atoms in total. The Balaban J connectivity index is 3.12. The minimum absolute atomic E-state index is 0.0598. The first-order valence-electron chi connectivity index (χ1n) is 5.16. The van der Waals surface area contributed by atoms with E-state index in [4.69, 9.17) is 11.6 Å². The number of H-pyrrole nitrogens is 1. The predicted octanol–water partition coefficient (Wildman–Crippen LogP) is 0.249. The number of anilines is 1. The second kappa shape index (κ2) is 5.63. The highest BCUT2D eigenvalue weighted by Crippen LogP contribution is 2.22. The Kier molecular flexibility index (Phi) is 4.43. The summed E-state index contributed by atoms with van der Waals surface area (Å²) >= 11 is 5.68. The number of nitrogens with zero attached hydrogens (tertiary/aromatic N) is 1. The van der Waals surface area contributed by atoms with Gasteiger partial charge in [0.05, 0.1) is 10.9 Å². The molecule has 0 saturated heterocycles. The Morgan fingerprint density at radius 2 is 2.11 bits per heavy atom. The topological polar surface area (TPSA) is 109 Å². The van der Waals surface area contributed by atoms with Crippen LogP contribution in [0.4, 0.5) is 11.5 Å². The fourth-order valence-electron chi connectivity index (χ4n) is 1.38. The molecule has 0 aliphatic carbocycles. The van der Waals surface area contributed by atoms with Crippen LogP contribution in [0.1, 0.15) is 13.8 Å². The molecule has 0 unspecified atom stereocenters. The first-order chi connectivity index (χ1) is 8.32. The van der Waals surface area contributed by atoms with Gasteiger partial charge in [0.1, 0.15) is 6.04 Å². The monoisotopic (exact) mass is 273 g/mol. The minimum Gasteiger partial charge on any atom is -0.546 e. The van der Waals surface area contributed by atoms with Crippen molar-refractivity contribution in [1.82, 2.24) is 0 Å². The van der Waals surface area contributed by atoms with Gasteiger partial charge in [0.25, 0.3) is 0 Å². The number of carbonyl (C=O) groups excluding carboxylic acids is 1. The Morgan fingerprint density at radius 3 is 2.56 bits per heavy atom. The third kappa shape index (κ3) is 3.30. The Labute approximate surface area is 108 Å². The zero-order valence-electron chi connectivity index (χ0n) is 9.77. The number of aromatic amines is 1. The van der Waals surface area contributed by atoms with Crippen molar-refractivity contribution in [3.8, 4) is 0 Å². The molecule has 0 saturated carbocycles. The summed E-state index contributed by atoms with van der Waals surface area (Å²) in [6.45, 7) is 3.31. The fraction of sp³-hybridized carbons (Fsp3) is 0.400. The first kappa shape index (κ1) is 14.2. The van der Waals surface area contributed by atoms with E-state index in [1.54, 1.807) is 13.8 Å². The molecular weight excluding hydrogens is 262 g/mol. The molecule has 0 spiro atoms. The summed E-state index contributed by atoms with van der Waals surface area (Å²) < 4.78 is 0. The highest BCUT2D eigenvalue weighted by atomic mass is 35.5. The standard InChI is InChI=1S/C10H12ClN3O4/c1-5(2)8(10(15)16)13-9-6(14(17)18)3-4-7(11)12-9/h3-5,8H,1-2H3,(H,12,13)(H,15,16)/t8-/m0/s1. The number of aliphatic carboxylic acids is 1. The number of nitrogens with one attached hydrogen (secondary N) is 2. The number of hydrogen-bond acceptors (Lipinski definition) is 5. The van der Waals surface area contributed by atoms with Crippen LogP contribution < -0.4 is 15.4 Å². The van der Waals surface area contributed by atoms with Crippen molar-refractivity contribution in [2.45, 2.75) is 19.9 Å². The van der Waals surface area contributed by atoms with Gasteiger partial charge in [-0.05, 0) is 17.5 Å². The summed E-state index contributed by atoms with van der Waals surface area (Å²) in [5.41, 5.74) is -0.286. The lowest BCUT2D eigenvalue weighted by atomic mass is 10.0. The predicted molar refractivity (Wildman–Crippen MR) is 61.9 cm³/mol. The number of carbonyl (C=O) groups is 1. The van der Waals surface area contributed by atoms with E-state index in [9.17, 15) is 20.0 Å². The third-order valence-corrected chi connectivity index (χ3v) is 2.53. The molecule has 0 bridgehead atoms. The molecule has 0 fully saturated rings. The molecular formula is C10H12ClN3O4. The summed E-state index contributed by atoms with van der Waals surface area (Å²) in [5.74, 6) is -1.70. The van der Waals surface area contributed by atoms with E-state index >= 15 is 0 Å². The SMILES string of the molecule is CC(C)[C@H](Nc1[nH+]c(Cl)ccc1[N+](=O)[O-])C(=O)[O-]. The number of pyridine rings is 1. The number of hydrogen-bond donors (Lipinski definition) is 1. The molecule has 0 amide bonds. The summed E-state index contributed by atoms with van der Waals surface area (Å²) in [6, 6.07) is 1.45. The van der Waals surface area contributed by atoms with Crippen LogP contribution >= 0.6 is 11.6 Å². The van der Waals surface area contributed by atoms with Gasteiger partial charge in [-0.1, -0.05) is 13.8 Å². The van der Waals surface area contributed by atoms with Gasteiger partial charge in [-0.3, -0.25) is 15.4 Å². The van der Waals surface area contributed by atoms with Crippen molar-refractivity contribution in [3.05, 3.63) is 27.4 Å². The number of halogens is 1. The van der Waals surface area contributed by atoms with Crippen molar-refractivity contribution in [1.29, 1.82) is 0 Å². The molecule has 0 radical (unpaired) electrons. The van der Waals surface area contributed by atoms with Gasteiger partial charge in [0.2, 0.25) is 0 Å². The van der Waals surface area contributed by atoms with Crippen LogP contribution in [0.15, 0.2) is 12.1 Å². The number of rotatable bonds is 5. The van der Waals surface area contributed by atoms with Gasteiger partial charge in [0.15, 0.2) is 5.15 Å². The van der Waals surface area contributed by atoms with Gasteiger partial charge in [-0.25, -0.2) is 4.98 Å². The molecule has 2 N–H and O–H groups in total. The number of nitro groups is 1. The number of carboxylic acid groups (broad SMARTS) is 1. The van der Waals surface area contributed by atoms with E-state index in [2.05, 4.69) is 10.3 Å². The maximum absolute atomic E-state index is 10.9. The average molecular weight is 274 g/mol. The maximum Gasteiger partial charge on any atom is 0.357 e. The Morgan fingerprint density at radius 1 is 1.50 bits per heavy atom. The van der Waals surface area contributed by atoms with Gasteiger partial charge in [-0.15, -0.1) is 0 Å². The van der Waals surface area contributed by atoms with E-state index in [-0.39, 0.29) is 22.6 Å². The van der Waals surface area contributed by atoms with E-state index in [0.717, 1.165) is 0 Å². The highest BCUT2D eigenvalue weighted by Gasteiger charge is 2.27. The van der Waals surface area contributed by atoms with Crippen molar-refractivity contribution in [2.24, 2.45) is 5.92 Å². The molecule has 0 aliphatic heterocycles. The van der Waals surface area contributed by atoms with Crippen LogP contribution in [0.2, 0.25) is 5.15 Å². The van der Waals surface area contributed by atoms with Gasteiger partial charge < -0.3 is 9.90 Å². The third-order valence-electron chi connectivity index (χ3n) is 2.31. The molecule has 18 heavy (non-hydrogen) atoms. The van der Waals surface area contributed by atoms with Crippen LogP contribution in [0.3, 0.4) is 0 Å². The summed E-state index contributed by atoms with van der Waals surface area (Å²) in [5, 5.41) is 24.4. The van der Waals surface area contributed by atoms with E-state index in [1.165, 1.54) is 12.1 Å². The number of aromatic nitrogens is 1. The first-order valence-corrected chi connectivity index (χ1v) is 5.54. The Bertz CT molecular complexity index is 478. The molecule has 8 heteroatoms. The van der Waals surface area contributed by atoms with Gasteiger partial charge in [-0.2, -0.15) is 0 Å². The smallest absolute Gasteiger partial charge is 0.357 e. The lowest BCUT2D eigenvalue weighted by Gasteiger charge is -2.18. The van der Waals surface area contributed by atoms with E-state index in [0.29, 0.717) is 0 Å². The van der Waals surface area contributed by atoms with Crippen LogP contribution in [0.5, 0.6) is 0 Å². The molecule has 1 heterocycles. The molecule has 98 valence electrons. The quantitative estimate of drug-likeness (QED) is 0.470. The average Bonchev–Trinajstić information content (AvgIpc) is 2.24. The molecule has 1 rings (SSSR count). The second-order valence-electron chi connectivity index (χ2n) is 4.01. The zero-order chi connectivity index (χ0) is 13.9. The minimum atomic E-state index is -1.34. The molecule has 1 aromatic rings. The summed E-state index contributed by atoms with van der Waals surface area (Å²) in [7, 11) is 0. The molecule has 0 aliphatic rings. The van der Waals surface area contributed by atoms with Crippen molar-refractivity contribution in [3.63, 3.8) is 0 Å². The summed E-state index contributed by atoms with van der Waals surface area (Å²) in [4.78, 5) is 23.6. The van der Waals surface area contributed by atoms with Crippen LogP contribution in [0, 0.1) is 16.0 Å². The zero-order valence-corrected chi connectivity index (χ0v) is 10.5. The molecule has 1 atom stereocenters.